The largest absolute Gasteiger partial charge is 0.379 e. The number of hydrogen-bond donors (Lipinski definition) is 1. The van der Waals surface area contributed by atoms with Gasteiger partial charge in [-0.05, 0) is 39.7 Å². The molecule has 1 rings (SSSR count). The third-order valence-electron chi connectivity index (χ3n) is 3.27. The molecular weight excluding hydrogens is 252 g/mol. The van der Waals surface area contributed by atoms with Crippen LogP contribution in [0.4, 0.5) is 0 Å². The van der Waals surface area contributed by atoms with E-state index in [0.29, 0.717) is 0 Å². The van der Waals surface area contributed by atoms with Crippen molar-refractivity contribution in [2.24, 2.45) is 5.92 Å². The molecule has 0 aliphatic carbocycles. The second-order valence-corrected chi connectivity index (χ2v) is 7.25. The van der Waals surface area contributed by atoms with Crippen LogP contribution < -0.4 is 5.32 Å². The molecule has 0 bridgehead atoms. The summed E-state index contributed by atoms with van der Waals surface area (Å²) in [5.41, 5.74) is 0.198. The SMILES string of the molecule is CC(C)CN1CCO[C@@H](COCCCNC(C)(C)C)C1. The molecule has 1 aliphatic rings. The van der Waals surface area contributed by atoms with Gasteiger partial charge in [0.15, 0.2) is 0 Å². The van der Waals surface area contributed by atoms with E-state index in [0.717, 1.165) is 58.3 Å². The predicted octanol–water partition coefficient (Wildman–Crippen LogP) is 2.14. The van der Waals surface area contributed by atoms with Gasteiger partial charge in [-0.15, -0.1) is 0 Å². The molecule has 1 fully saturated rings. The maximum absolute atomic E-state index is 5.77. The molecule has 0 radical (unpaired) electrons. The fourth-order valence-electron chi connectivity index (χ4n) is 2.42. The van der Waals surface area contributed by atoms with E-state index in [-0.39, 0.29) is 11.6 Å². The third kappa shape index (κ3) is 8.90. The van der Waals surface area contributed by atoms with Gasteiger partial charge in [0.2, 0.25) is 0 Å². The molecule has 120 valence electrons. The van der Waals surface area contributed by atoms with Gasteiger partial charge < -0.3 is 14.8 Å². The van der Waals surface area contributed by atoms with Crippen molar-refractivity contribution in [1.29, 1.82) is 0 Å². The summed E-state index contributed by atoms with van der Waals surface area (Å²) in [4.78, 5) is 2.49. The van der Waals surface area contributed by atoms with Gasteiger partial charge in [0, 0.05) is 31.8 Å². The van der Waals surface area contributed by atoms with E-state index < -0.39 is 0 Å². The van der Waals surface area contributed by atoms with E-state index in [1.165, 1.54) is 0 Å². The minimum atomic E-state index is 0.198. The first-order valence-electron chi connectivity index (χ1n) is 8.03. The van der Waals surface area contributed by atoms with Crippen molar-refractivity contribution in [2.45, 2.75) is 52.7 Å². The summed E-state index contributed by atoms with van der Waals surface area (Å²) < 4.78 is 11.5. The van der Waals surface area contributed by atoms with Crippen LogP contribution in [0.2, 0.25) is 0 Å². The number of nitrogens with zero attached hydrogens (tertiary/aromatic N) is 1. The van der Waals surface area contributed by atoms with Crippen LogP contribution in [0.15, 0.2) is 0 Å². The van der Waals surface area contributed by atoms with Crippen LogP contribution in [0.25, 0.3) is 0 Å². The van der Waals surface area contributed by atoms with Crippen LogP contribution >= 0.6 is 0 Å². The zero-order valence-corrected chi connectivity index (χ0v) is 14.1. The van der Waals surface area contributed by atoms with Crippen LogP contribution in [0, 0.1) is 5.92 Å². The Morgan fingerprint density at radius 3 is 2.75 bits per heavy atom. The van der Waals surface area contributed by atoms with E-state index in [2.05, 4.69) is 44.8 Å². The Labute approximate surface area is 125 Å². The summed E-state index contributed by atoms with van der Waals surface area (Å²) in [6.45, 7) is 17.7. The topological polar surface area (TPSA) is 33.7 Å². The molecule has 20 heavy (non-hydrogen) atoms. The molecule has 0 saturated carbocycles. The van der Waals surface area contributed by atoms with Gasteiger partial charge in [-0.25, -0.2) is 0 Å². The first-order valence-corrected chi connectivity index (χ1v) is 8.03. The van der Waals surface area contributed by atoms with Crippen molar-refractivity contribution in [3.8, 4) is 0 Å². The number of morpholine rings is 1. The quantitative estimate of drug-likeness (QED) is 0.693. The summed E-state index contributed by atoms with van der Waals surface area (Å²) in [6.07, 6.45) is 1.30. The monoisotopic (exact) mass is 286 g/mol. The molecule has 4 nitrogen and oxygen atoms in total. The lowest BCUT2D eigenvalue weighted by Crippen LogP contribution is -2.45. The number of hydrogen-bond acceptors (Lipinski definition) is 4. The maximum atomic E-state index is 5.77. The number of nitrogens with one attached hydrogen (secondary N) is 1. The molecule has 1 aliphatic heterocycles. The Morgan fingerprint density at radius 2 is 2.10 bits per heavy atom. The summed E-state index contributed by atoms with van der Waals surface area (Å²) in [5, 5.41) is 3.47. The van der Waals surface area contributed by atoms with Crippen molar-refractivity contribution in [2.75, 3.05) is 46.0 Å². The first kappa shape index (κ1) is 17.9. The van der Waals surface area contributed by atoms with Crippen LogP contribution in [0.1, 0.15) is 41.0 Å². The van der Waals surface area contributed by atoms with E-state index >= 15 is 0 Å². The summed E-state index contributed by atoms with van der Waals surface area (Å²) in [5.74, 6) is 0.721. The lowest BCUT2D eigenvalue weighted by molar-refractivity contribution is -0.0712. The standard InChI is InChI=1S/C16H34N2O2/c1-14(2)11-18-8-10-20-15(12-18)13-19-9-6-7-17-16(3,4)5/h14-15,17H,6-13H2,1-5H3/t15-/m1/s1. The molecular formula is C16H34N2O2. The Balaban J connectivity index is 2.04. The van der Waals surface area contributed by atoms with Crippen molar-refractivity contribution >= 4 is 0 Å². The maximum Gasteiger partial charge on any atom is 0.0935 e. The van der Waals surface area contributed by atoms with Crippen molar-refractivity contribution in [3.63, 3.8) is 0 Å². The molecule has 1 saturated heterocycles. The van der Waals surface area contributed by atoms with Gasteiger partial charge in [0.05, 0.1) is 19.3 Å². The lowest BCUT2D eigenvalue weighted by Gasteiger charge is -2.33. The smallest absolute Gasteiger partial charge is 0.0935 e. The molecule has 0 aromatic carbocycles. The van der Waals surface area contributed by atoms with Gasteiger partial charge >= 0.3 is 0 Å². The molecule has 1 N–H and O–H groups in total. The molecule has 0 unspecified atom stereocenters. The average Bonchev–Trinajstić information content (AvgIpc) is 2.32. The van der Waals surface area contributed by atoms with Gasteiger partial charge in [0.1, 0.15) is 0 Å². The molecule has 0 amide bonds. The zero-order chi connectivity index (χ0) is 15.0. The average molecular weight is 286 g/mol. The fourth-order valence-corrected chi connectivity index (χ4v) is 2.42. The molecule has 4 heteroatoms. The van der Waals surface area contributed by atoms with Crippen LogP contribution in [-0.4, -0.2) is 62.5 Å². The van der Waals surface area contributed by atoms with Gasteiger partial charge in [-0.1, -0.05) is 13.8 Å². The summed E-state index contributed by atoms with van der Waals surface area (Å²) >= 11 is 0. The van der Waals surface area contributed by atoms with Crippen molar-refractivity contribution < 1.29 is 9.47 Å². The molecule has 0 aromatic rings. The Bertz CT molecular complexity index is 251. The van der Waals surface area contributed by atoms with Crippen molar-refractivity contribution in [1.82, 2.24) is 10.2 Å². The number of ether oxygens (including phenoxy) is 2. The Kier molecular flexibility index (Phi) is 8.03. The van der Waals surface area contributed by atoms with E-state index in [9.17, 15) is 0 Å². The lowest BCUT2D eigenvalue weighted by atomic mass is 10.1. The van der Waals surface area contributed by atoms with Crippen LogP contribution in [-0.2, 0) is 9.47 Å². The normalized spacial score (nSPS) is 21.6. The Hall–Kier alpha value is -0.160. The van der Waals surface area contributed by atoms with Crippen molar-refractivity contribution in [3.05, 3.63) is 0 Å². The number of rotatable bonds is 8. The molecule has 1 heterocycles. The highest BCUT2D eigenvalue weighted by atomic mass is 16.5. The Morgan fingerprint density at radius 1 is 1.35 bits per heavy atom. The minimum Gasteiger partial charge on any atom is -0.379 e. The zero-order valence-electron chi connectivity index (χ0n) is 14.1. The summed E-state index contributed by atoms with van der Waals surface area (Å²) in [7, 11) is 0. The molecule has 1 atom stereocenters. The molecule has 0 spiro atoms. The molecule has 0 aromatic heterocycles. The van der Waals surface area contributed by atoms with Crippen LogP contribution in [0.5, 0.6) is 0 Å². The first-order chi connectivity index (χ1) is 9.37. The third-order valence-corrected chi connectivity index (χ3v) is 3.27. The van der Waals surface area contributed by atoms with Gasteiger partial charge in [-0.3, -0.25) is 4.90 Å². The van der Waals surface area contributed by atoms with E-state index in [4.69, 9.17) is 9.47 Å². The summed E-state index contributed by atoms with van der Waals surface area (Å²) in [6, 6.07) is 0. The highest BCUT2D eigenvalue weighted by Gasteiger charge is 2.20. The van der Waals surface area contributed by atoms with E-state index in [1.54, 1.807) is 0 Å². The highest BCUT2D eigenvalue weighted by molar-refractivity contribution is 4.72. The minimum absolute atomic E-state index is 0.198. The van der Waals surface area contributed by atoms with Gasteiger partial charge in [-0.2, -0.15) is 0 Å². The van der Waals surface area contributed by atoms with E-state index in [1.807, 2.05) is 0 Å². The highest BCUT2D eigenvalue weighted by Crippen LogP contribution is 2.08. The fraction of sp³-hybridized carbons (Fsp3) is 1.00. The second-order valence-electron chi connectivity index (χ2n) is 7.25. The second kappa shape index (κ2) is 8.98. The van der Waals surface area contributed by atoms with Gasteiger partial charge in [0.25, 0.3) is 0 Å². The predicted molar refractivity (Wildman–Crippen MR) is 84.2 cm³/mol. The van der Waals surface area contributed by atoms with Crippen LogP contribution in [0.3, 0.4) is 0 Å².